The van der Waals surface area contributed by atoms with Crippen molar-refractivity contribution in [2.75, 3.05) is 32.5 Å². The van der Waals surface area contributed by atoms with E-state index in [4.69, 9.17) is 5.73 Å². The Labute approximate surface area is 285 Å². The third-order valence-corrected chi connectivity index (χ3v) is 9.20. The molecule has 3 aromatic carbocycles. The van der Waals surface area contributed by atoms with Crippen LogP contribution in [0.15, 0.2) is 102 Å². The predicted octanol–water partition coefficient (Wildman–Crippen LogP) is 6.32. The van der Waals surface area contributed by atoms with Crippen LogP contribution in [0.5, 0.6) is 0 Å². The standard InChI is InChI=1S/C21H30N4O5S2.C13H12.C2H6/c1-14(2)12-25(32(29)17-7-4-15(22)5-8-17)18(13-26)19-9-6-16(31-19)10-23-20(27)11-24-21(28)30-3;1-3-7-12(8-4-1)11-13-9-5-2-6-10-13;1-2/h4-9,14,18,26H,10-13,22H2,1-3H3,(H,23,27)(H,24,28);1-10H,11H2;1-2H3. The molecule has 5 N–H and O–H groups in total. The molecule has 2 amide bonds. The molecule has 0 spiro atoms. The highest BCUT2D eigenvalue weighted by atomic mass is 32.2. The Morgan fingerprint density at radius 3 is 1.98 bits per heavy atom. The lowest BCUT2D eigenvalue weighted by Gasteiger charge is -2.30. The number of alkyl carbamates (subject to hydrolysis) is 1. The minimum Gasteiger partial charge on any atom is -0.453 e. The Balaban J connectivity index is 0.000000421. The third-order valence-electron chi connectivity index (χ3n) is 6.50. The molecule has 4 aromatic rings. The number of aliphatic hydroxyl groups excluding tert-OH is 1. The fourth-order valence-electron chi connectivity index (χ4n) is 4.28. The van der Waals surface area contributed by atoms with Crippen LogP contribution in [0.25, 0.3) is 0 Å². The van der Waals surface area contributed by atoms with Crippen molar-refractivity contribution < 1.29 is 23.6 Å². The summed E-state index contributed by atoms with van der Waals surface area (Å²) in [5.41, 5.74) is 9.07. The zero-order valence-electron chi connectivity index (χ0n) is 27.8. The minimum atomic E-state index is -1.49. The van der Waals surface area contributed by atoms with Gasteiger partial charge in [0.1, 0.15) is 17.5 Å². The number of hydrogen-bond donors (Lipinski definition) is 4. The number of nitrogen functional groups attached to an aromatic ring is 1. The maximum Gasteiger partial charge on any atom is 0.407 e. The van der Waals surface area contributed by atoms with E-state index in [9.17, 15) is 18.9 Å². The molecule has 0 saturated carbocycles. The van der Waals surface area contributed by atoms with Gasteiger partial charge in [-0.2, -0.15) is 0 Å². The second kappa shape index (κ2) is 21.7. The molecule has 0 aliphatic rings. The van der Waals surface area contributed by atoms with Gasteiger partial charge in [0, 0.05) is 22.0 Å². The number of nitrogens with two attached hydrogens (primary N) is 1. The zero-order valence-corrected chi connectivity index (χ0v) is 29.5. The SMILES string of the molecule is CC.COC(=O)NCC(=O)NCc1ccc(C(CO)N(CC(C)C)S(=O)c2ccc(N)cc2)s1.c1ccc(Cc2ccccc2)cc1. The molecule has 11 heteroatoms. The molecule has 9 nitrogen and oxygen atoms in total. The number of nitrogens with zero attached hydrogens (tertiary/aromatic N) is 1. The number of hydrogen-bond acceptors (Lipinski definition) is 7. The van der Waals surface area contributed by atoms with E-state index >= 15 is 0 Å². The molecule has 2 atom stereocenters. The van der Waals surface area contributed by atoms with Gasteiger partial charge in [0.05, 0.1) is 31.2 Å². The van der Waals surface area contributed by atoms with Gasteiger partial charge in [-0.3, -0.25) is 4.79 Å². The first-order valence-electron chi connectivity index (χ1n) is 15.6. The van der Waals surface area contributed by atoms with Gasteiger partial charge in [-0.05, 0) is 59.9 Å². The van der Waals surface area contributed by atoms with Gasteiger partial charge in [0.25, 0.3) is 0 Å². The number of methoxy groups -OCH3 is 1. The van der Waals surface area contributed by atoms with Gasteiger partial charge in [-0.1, -0.05) is 88.4 Å². The molecule has 0 radical (unpaired) electrons. The van der Waals surface area contributed by atoms with Crippen molar-refractivity contribution in [1.82, 2.24) is 14.9 Å². The first-order valence-corrected chi connectivity index (χ1v) is 17.5. The summed E-state index contributed by atoms with van der Waals surface area (Å²) in [6.07, 6.45) is 0.352. The van der Waals surface area contributed by atoms with Crippen molar-refractivity contribution in [3.05, 3.63) is 118 Å². The summed E-state index contributed by atoms with van der Waals surface area (Å²) in [6.45, 7) is 8.45. The van der Waals surface area contributed by atoms with E-state index in [1.165, 1.54) is 29.6 Å². The van der Waals surface area contributed by atoms with Crippen LogP contribution in [0, 0.1) is 5.92 Å². The molecule has 0 aliphatic heterocycles. The van der Waals surface area contributed by atoms with Gasteiger partial charge < -0.3 is 26.2 Å². The predicted molar refractivity (Wildman–Crippen MR) is 192 cm³/mol. The number of anilines is 1. The van der Waals surface area contributed by atoms with Crippen molar-refractivity contribution in [3.8, 4) is 0 Å². The number of amides is 2. The molecule has 47 heavy (non-hydrogen) atoms. The van der Waals surface area contributed by atoms with Crippen molar-refractivity contribution >= 4 is 40.0 Å². The molecule has 0 bridgehead atoms. The number of ether oxygens (including phenoxy) is 1. The number of aliphatic hydroxyl groups is 1. The van der Waals surface area contributed by atoms with Gasteiger partial charge >= 0.3 is 6.09 Å². The van der Waals surface area contributed by atoms with Gasteiger partial charge in [0.15, 0.2) is 0 Å². The van der Waals surface area contributed by atoms with Gasteiger partial charge in [-0.15, -0.1) is 11.3 Å². The van der Waals surface area contributed by atoms with Crippen molar-refractivity contribution in [1.29, 1.82) is 0 Å². The van der Waals surface area contributed by atoms with E-state index in [-0.39, 0.29) is 31.5 Å². The Morgan fingerprint density at radius 2 is 1.47 bits per heavy atom. The molecular weight excluding hydrogens is 633 g/mol. The van der Waals surface area contributed by atoms with Crippen LogP contribution in [0.3, 0.4) is 0 Å². The number of carbonyl (C=O) groups is 2. The zero-order chi connectivity index (χ0) is 34.6. The first kappa shape index (κ1) is 39.1. The number of benzene rings is 3. The van der Waals surface area contributed by atoms with E-state index in [1.54, 1.807) is 28.6 Å². The van der Waals surface area contributed by atoms with E-state index < -0.39 is 23.1 Å². The van der Waals surface area contributed by atoms with Crippen molar-refractivity contribution in [2.24, 2.45) is 5.92 Å². The smallest absolute Gasteiger partial charge is 0.407 e. The van der Waals surface area contributed by atoms with Gasteiger partial charge in [0.2, 0.25) is 5.91 Å². The van der Waals surface area contributed by atoms with Crippen LogP contribution < -0.4 is 16.4 Å². The molecular formula is C36H48N4O5S2. The Hall–Kier alpha value is -4.03. The Kier molecular flexibility index (Phi) is 18.1. The topological polar surface area (TPSA) is 134 Å². The number of thiophene rings is 1. The first-order chi connectivity index (χ1) is 22.7. The highest BCUT2D eigenvalue weighted by Crippen LogP contribution is 2.31. The summed E-state index contributed by atoms with van der Waals surface area (Å²) in [4.78, 5) is 25.2. The second-order valence-corrected chi connectivity index (χ2v) is 13.2. The minimum absolute atomic E-state index is 0.188. The Bertz CT molecular complexity index is 1440. The molecule has 254 valence electrons. The quantitative estimate of drug-likeness (QED) is 0.122. The highest BCUT2D eigenvalue weighted by molar-refractivity contribution is 7.82. The summed E-state index contributed by atoms with van der Waals surface area (Å²) < 4.78 is 19.5. The largest absolute Gasteiger partial charge is 0.453 e. The van der Waals surface area contributed by atoms with E-state index in [0.29, 0.717) is 17.1 Å². The molecule has 1 heterocycles. The third kappa shape index (κ3) is 14.1. The van der Waals surface area contributed by atoms with Crippen molar-refractivity contribution in [3.63, 3.8) is 0 Å². The van der Waals surface area contributed by atoms with Crippen LogP contribution in [-0.4, -0.2) is 52.4 Å². The second-order valence-electron chi connectivity index (χ2n) is 10.6. The summed E-state index contributed by atoms with van der Waals surface area (Å²) >= 11 is 1.42. The molecule has 4 rings (SSSR count). The summed E-state index contributed by atoms with van der Waals surface area (Å²) in [7, 11) is -0.265. The normalized spacial score (nSPS) is 11.7. The van der Waals surface area contributed by atoms with Crippen LogP contribution in [0.1, 0.15) is 54.6 Å². The summed E-state index contributed by atoms with van der Waals surface area (Å²) in [5, 5.41) is 15.2. The maximum atomic E-state index is 13.3. The van der Waals surface area contributed by atoms with Crippen LogP contribution in [0.4, 0.5) is 10.5 Å². The molecule has 0 saturated heterocycles. The average Bonchev–Trinajstić information content (AvgIpc) is 3.56. The van der Waals surface area contributed by atoms with Crippen molar-refractivity contribution in [2.45, 2.75) is 51.6 Å². The molecule has 1 aromatic heterocycles. The lowest BCUT2D eigenvalue weighted by atomic mass is 10.1. The average molecular weight is 681 g/mol. The van der Waals surface area contributed by atoms with E-state index in [1.807, 2.05) is 39.8 Å². The van der Waals surface area contributed by atoms with Crippen LogP contribution in [0.2, 0.25) is 0 Å². The number of rotatable bonds is 13. The lowest BCUT2D eigenvalue weighted by Crippen LogP contribution is -2.36. The monoisotopic (exact) mass is 680 g/mol. The van der Waals surface area contributed by atoms with E-state index in [0.717, 1.165) is 16.2 Å². The van der Waals surface area contributed by atoms with Crippen LogP contribution in [-0.2, 0) is 33.5 Å². The fraction of sp³-hybridized carbons (Fsp3) is 0.333. The highest BCUT2D eigenvalue weighted by Gasteiger charge is 2.28. The molecule has 2 unspecified atom stereocenters. The summed E-state index contributed by atoms with van der Waals surface area (Å²) in [5.74, 6) is -0.127. The Morgan fingerprint density at radius 1 is 0.894 bits per heavy atom. The molecule has 0 aliphatic carbocycles. The van der Waals surface area contributed by atoms with E-state index in [2.05, 4.69) is 76.0 Å². The maximum absolute atomic E-state index is 13.3. The molecule has 0 fully saturated rings. The fourth-order valence-corrected chi connectivity index (χ4v) is 6.89. The lowest BCUT2D eigenvalue weighted by molar-refractivity contribution is -0.120. The number of nitrogens with one attached hydrogen (secondary N) is 2. The van der Waals surface area contributed by atoms with Crippen LogP contribution >= 0.6 is 11.3 Å². The number of carbonyl (C=O) groups excluding carboxylic acids is 2. The summed E-state index contributed by atoms with van der Waals surface area (Å²) in [6, 6.07) is 31.2. The van der Waals surface area contributed by atoms with Gasteiger partial charge in [-0.25, -0.2) is 13.3 Å².